The molecule has 0 aliphatic heterocycles. The summed E-state index contributed by atoms with van der Waals surface area (Å²) in [6.45, 7) is 6.19. The van der Waals surface area contributed by atoms with Crippen molar-refractivity contribution in [3.8, 4) is 11.3 Å². The first-order valence-electron chi connectivity index (χ1n) is 11.6. The lowest BCUT2D eigenvalue weighted by atomic mass is 9.85. The normalized spacial score (nSPS) is 11.9. The van der Waals surface area contributed by atoms with E-state index in [0.29, 0.717) is 17.1 Å². The number of anilines is 4. The quantitative estimate of drug-likeness (QED) is 0.292. The van der Waals surface area contributed by atoms with Crippen molar-refractivity contribution >= 4 is 39.7 Å². The molecule has 4 aromatic carbocycles. The number of rotatable bonds is 4. The largest absolute Gasteiger partial charge is 0.355 e. The molecule has 0 spiro atoms. The van der Waals surface area contributed by atoms with Gasteiger partial charge in [-0.15, -0.1) is 0 Å². The third kappa shape index (κ3) is 3.62. The van der Waals surface area contributed by atoms with E-state index in [2.05, 4.69) is 49.6 Å². The van der Waals surface area contributed by atoms with Crippen molar-refractivity contribution in [2.75, 3.05) is 10.6 Å². The molecular weight excluding hydrogens is 432 g/mol. The Morgan fingerprint density at radius 1 is 0.686 bits per heavy atom. The average Bonchev–Trinajstić information content (AvgIpc) is 2.86. The molecule has 5 nitrogen and oxygen atoms in total. The van der Waals surface area contributed by atoms with Crippen molar-refractivity contribution in [2.45, 2.75) is 20.8 Å². The van der Waals surface area contributed by atoms with Gasteiger partial charge in [0.15, 0.2) is 5.78 Å². The lowest BCUT2D eigenvalue weighted by Crippen LogP contribution is -2.15. The van der Waals surface area contributed by atoms with Crippen LogP contribution in [0.2, 0.25) is 0 Å². The number of ketones is 1. The summed E-state index contributed by atoms with van der Waals surface area (Å²) in [6, 6.07) is 25.9. The van der Waals surface area contributed by atoms with Crippen LogP contribution in [0.1, 0.15) is 32.6 Å². The Morgan fingerprint density at radius 3 is 2.17 bits per heavy atom. The highest BCUT2D eigenvalue weighted by molar-refractivity contribution is 6.27. The lowest BCUT2D eigenvalue weighted by Gasteiger charge is -2.23. The first-order chi connectivity index (χ1) is 17.0. The van der Waals surface area contributed by atoms with Crippen LogP contribution in [-0.2, 0) is 0 Å². The molecule has 0 fully saturated rings. The molecule has 2 N–H and O–H groups in total. The minimum absolute atomic E-state index is 0.0196. The fourth-order valence-corrected chi connectivity index (χ4v) is 4.70. The number of aryl methyl sites for hydroxylation is 3. The van der Waals surface area contributed by atoms with E-state index in [9.17, 15) is 4.79 Å². The third-order valence-corrected chi connectivity index (χ3v) is 6.48. The maximum Gasteiger partial charge on any atom is 0.228 e. The monoisotopic (exact) mass is 456 g/mol. The second-order valence-corrected chi connectivity index (χ2v) is 9.09. The first kappa shape index (κ1) is 21.1. The number of hydrogen-bond acceptors (Lipinski definition) is 5. The molecule has 0 unspecified atom stereocenters. The molecule has 0 radical (unpaired) electrons. The average molecular weight is 457 g/mol. The summed E-state index contributed by atoms with van der Waals surface area (Å²) < 4.78 is 0. The second kappa shape index (κ2) is 8.06. The van der Waals surface area contributed by atoms with E-state index in [0.717, 1.165) is 44.8 Å². The van der Waals surface area contributed by atoms with Gasteiger partial charge in [-0.3, -0.25) is 4.79 Å². The number of aromatic nitrogens is 2. The van der Waals surface area contributed by atoms with Crippen LogP contribution in [0.25, 0.3) is 22.2 Å². The molecule has 1 aliphatic rings. The molecule has 0 amide bonds. The van der Waals surface area contributed by atoms with Crippen LogP contribution in [0, 0.1) is 20.8 Å². The minimum Gasteiger partial charge on any atom is -0.355 e. The predicted molar refractivity (Wildman–Crippen MR) is 142 cm³/mol. The Hall–Kier alpha value is -4.51. The molecule has 5 aromatic rings. The van der Waals surface area contributed by atoms with Gasteiger partial charge < -0.3 is 10.6 Å². The molecule has 1 heterocycles. The second-order valence-electron chi connectivity index (χ2n) is 9.09. The predicted octanol–water partition coefficient (Wildman–Crippen LogP) is 7.25. The summed E-state index contributed by atoms with van der Waals surface area (Å²) in [5.41, 5.74) is 9.72. The summed E-state index contributed by atoms with van der Waals surface area (Å²) in [7, 11) is 0. The smallest absolute Gasteiger partial charge is 0.228 e. The van der Waals surface area contributed by atoms with E-state index in [-0.39, 0.29) is 5.78 Å². The van der Waals surface area contributed by atoms with Crippen LogP contribution in [0.15, 0.2) is 78.9 Å². The first-order valence-corrected chi connectivity index (χ1v) is 11.6. The number of benzene rings is 4. The van der Waals surface area contributed by atoms with Gasteiger partial charge in [-0.05, 0) is 56.7 Å². The van der Waals surface area contributed by atoms with Crippen molar-refractivity contribution in [1.82, 2.24) is 9.97 Å². The van der Waals surface area contributed by atoms with Crippen LogP contribution in [0.3, 0.4) is 0 Å². The van der Waals surface area contributed by atoms with E-state index in [1.54, 1.807) is 0 Å². The maximum absolute atomic E-state index is 13.7. The zero-order valence-corrected chi connectivity index (χ0v) is 19.8. The summed E-state index contributed by atoms with van der Waals surface area (Å²) in [6.07, 6.45) is 0. The SMILES string of the molecule is Cc1ccc(Nc2nc3c4c(c(Nc5ccc(C)cc5C)ccc4n2)C(=O)c2ccccc2-3)cc1. The molecule has 0 bridgehead atoms. The molecule has 170 valence electrons. The standard InChI is InChI=1S/C30H24N4O/c1-17-8-11-20(12-9-17)31-30-33-24-14-15-25(32-23-13-10-18(2)16-19(23)3)27-26(24)28(34-30)21-6-4-5-7-22(21)29(27)35/h4-16,32H,1-3H3,(H,31,33,34). The van der Waals surface area contributed by atoms with Crippen LogP contribution >= 0.6 is 0 Å². The Balaban J connectivity index is 1.55. The van der Waals surface area contributed by atoms with Gasteiger partial charge in [0.1, 0.15) is 0 Å². The fourth-order valence-electron chi connectivity index (χ4n) is 4.70. The molecular formula is C30H24N4O. The summed E-state index contributed by atoms with van der Waals surface area (Å²) >= 11 is 0. The summed E-state index contributed by atoms with van der Waals surface area (Å²) in [5.74, 6) is 0.482. The van der Waals surface area contributed by atoms with Crippen molar-refractivity contribution in [3.63, 3.8) is 0 Å². The van der Waals surface area contributed by atoms with Gasteiger partial charge in [0.25, 0.3) is 0 Å². The van der Waals surface area contributed by atoms with Crippen molar-refractivity contribution in [1.29, 1.82) is 0 Å². The highest BCUT2D eigenvalue weighted by Gasteiger charge is 2.30. The van der Waals surface area contributed by atoms with Gasteiger partial charge in [-0.25, -0.2) is 9.97 Å². The summed E-state index contributed by atoms with van der Waals surface area (Å²) in [4.78, 5) is 23.4. The molecule has 5 heteroatoms. The van der Waals surface area contributed by atoms with Crippen molar-refractivity contribution < 1.29 is 4.79 Å². The van der Waals surface area contributed by atoms with E-state index < -0.39 is 0 Å². The summed E-state index contributed by atoms with van der Waals surface area (Å²) in [5, 5.41) is 7.60. The molecule has 0 atom stereocenters. The van der Waals surface area contributed by atoms with Crippen molar-refractivity contribution in [2.24, 2.45) is 0 Å². The van der Waals surface area contributed by atoms with E-state index in [4.69, 9.17) is 9.97 Å². The Bertz CT molecular complexity index is 1640. The van der Waals surface area contributed by atoms with E-state index in [1.807, 2.05) is 60.7 Å². The maximum atomic E-state index is 13.7. The Morgan fingerprint density at radius 2 is 1.40 bits per heavy atom. The van der Waals surface area contributed by atoms with Gasteiger partial charge in [0, 0.05) is 27.9 Å². The van der Waals surface area contributed by atoms with Crippen LogP contribution < -0.4 is 10.6 Å². The topological polar surface area (TPSA) is 66.9 Å². The molecule has 0 saturated heterocycles. The Kier molecular flexibility index (Phi) is 4.85. The molecule has 1 aliphatic carbocycles. The van der Waals surface area contributed by atoms with Gasteiger partial charge in [0.05, 0.1) is 22.5 Å². The number of hydrogen-bond donors (Lipinski definition) is 2. The Labute approximate surface area is 203 Å². The van der Waals surface area contributed by atoms with Crippen molar-refractivity contribution in [3.05, 3.63) is 107 Å². The highest BCUT2D eigenvalue weighted by atomic mass is 16.1. The number of nitrogens with one attached hydrogen (secondary N) is 2. The fraction of sp³-hybridized carbons (Fsp3) is 0.100. The van der Waals surface area contributed by atoms with Crippen LogP contribution in [0.4, 0.5) is 23.0 Å². The number of nitrogens with zero attached hydrogens (tertiary/aromatic N) is 2. The van der Waals surface area contributed by atoms with Gasteiger partial charge in [-0.1, -0.05) is 59.7 Å². The zero-order chi connectivity index (χ0) is 24.1. The van der Waals surface area contributed by atoms with Crippen LogP contribution in [-0.4, -0.2) is 15.8 Å². The molecule has 35 heavy (non-hydrogen) atoms. The third-order valence-electron chi connectivity index (χ3n) is 6.48. The minimum atomic E-state index is -0.0196. The highest BCUT2D eigenvalue weighted by Crippen LogP contribution is 2.42. The van der Waals surface area contributed by atoms with Gasteiger partial charge in [-0.2, -0.15) is 0 Å². The molecule has 6 rings (SSSR count). The molecule has 1 aromatic heterocycles. The van der Waals surface area contributed by atoms with Crippen LogP contribution in [0.5, 0.6) is 0 Å². The van der Waals surface area contributed by atoms with Gasteiger partial charge >= 0.3 is 0 Å². The number of carbonyl (C=O) groups excluding carboxylic acids is 1. The van der Waals surface area contributed by atoms with Gasteiger partial charge in [0.2, 0.25) is 5.95 Å². The van der Waals surface area contributed by atoms with E-state index in [1.165, 1.54) is 11.1 Å². The zero-order valence-electron chi connectivity index (χ0n) is 19.8. The number of fused-ring (bicyclic) bond motifs is 2. The molecule has 0 saturated carbocycles. The lowest BCUT2D eigenvalue weighted by molar-refractivity contribution is 0.104. The van der Waals surface area contributed by atoms with E-state index >= 15 is 0 Å². The number of carbonyl (C=O) groups is 1.